The largest absolute Gasteiger partial charge is 0.383 e. The zero-order chi connectivity index (χ0) is 24.2. The third kappa shape index (κ3) is 5.14. The van der Waals surface area contributed by atoms with Crippen LogP contribution in [0.25, 0.3) is 27.9 Å². The van der Waals surface area contributed by atoms with Gasteiger partial charge in [-0.1, -0.05) is 0 Å². The number of aromatic nitrogens is 6. The van der Waals surface area contributed by atoms with Crippen molar-refractivity contribution in [3.63, 3.8) is 0 Å². The standard InChI is InChI=1S/C25H33N7O3/c1-17-27-22-9-8-21(29-24(22)31(17)12-13-33-2)20-10-11-32-23(20)16-26-25(30-32)28-18-4-6-19(7-5-18)35-15-14-34-3/h8-11,16,18-19H,4-7,12-15H2,1-3H3,(H,28,30)/t18-,19-. The summed E-state index contributed by atoms with van der Waals surface area (Å²) in [6.45, 7) is 4.62. The first-order valence-electron chi connectivity index (χ1n) is 12.2. The molecule has 1 fully saturated rings. The number of pyridine rings is 1. The molecule has 0 spiro atoms. The molecule has 1 N–H and O–H groups in total. The fraction of sp³-hybridized carbons (Fsp3) is 0.520. The lowest BCUT2D eigenvalue weighted by Gasteiger charge is -2.29. The third-order valence-electron chi connectivity index (χ3n) is 6.64. The predicted molar refractivity (Wildman–Crippen MR) is 134 cm³/mol. The van der Waals surface area contributed by atoms with E-state index in [1.807, 2.05) is 42.0 Å². The van der Waals surface area contributed by atoms with Crippen LogP contribution in [0, 0.1) is 6.92 Å². The molecule has 0 unspecified atom stereocenters. The second-order valence-electron chi connectivity index (χ2n) is 8.97. The van der Waals surface area contributed by atoms with Crippen LogP contribution in [0.2, 0.25) is 0 Å². The second-order valence-corrected chi connectivity index (χ2v) is 8.97. The number of rotatable bonds is 10. The minimum absolute atomic E-state index is 0.318. The van der Waals surface area contributed by atoms with Crippen LogP contribution in [0.1, 0.15) is 31.5 Å². The Labute approximate surface area is 204 Å². The number of anilines is 1. The molecule has 0 atom stereocenters. The van der Waals surface area contributed by atoms with Gasteiger partial charge in [0.05, 0.1) is 43.3 Å². The first-order chi connectivity index (χ1) is 17.2. The Morgan fingerprint density at radius 3 is 2.63 bits per heavy atom. The van der Waals surface area contributed by atoms with E-state index in [4.69, 9.17) is 24.3 Å². The van der Waals surface area contributed by atoms with Crippen molar-refractivity contribution in [2.45, 2.75) is 51.3 Å². The average Bonchev–Trinajstić information content (AvgIpc) is 3.43. The topological polar surface area (TPSA) is 101 Å². The number of nitrogens with one attached hydrogen (secondary N) is 1. The van der Waals surface area contributed by atoms with Crippen molar-refractivity contribution >= 4 is 22.6 Å². The number of fused-ring (bicyclic) bond motifs is 2. The van der Waals surface area contributed by atoms with Crippen LogP contribution in [0.15, 0.2) is 30.6 Å². The van der Waals surface area contributed by atoms with Gasteiger partial charge in [0.15, 0.2) is 5.65 Å². The van der Waals surface area contributed by atoms with Crippen molar-refractivity contribution in [3.05, 3.63) is 36.4 Å². The molecule has 0 aliphatic heterocycles. The van der Waals surface area contributed by atoms with Gasteiger partial charge in [-0.25, -0.2) is 19.5 Å². The van der Waals surface area contributed by atoms with E-state index < -0.39 is 0 Å². The molecule has 1 saturated carbocycles. The van der Waals surface area contributed by atoms with Gasteiger partial charge < -0.3 is 24.1 Å². The van der Waals surface area contributed by atoms with Gasteiger partial charge in [-0.05, 0) is 50.8 Å². The summed E-state index contributed by atoms with van der Waals surface area (Å²) in [5, 5.41) is 8.21. The fourth-order valence-corrected chi connectivity index (χ4v) is 4.75. The van der Waals surface area contributed by atoms with E-state index in [1.165, 1.54) is 0 Å². The van der Waals surface area contributed by atoms with Crippen LogP contribution >= 0.6 is 0 Å². The summed E-state index contributed by atoms with van der Waals surface area (Å²) in [4.78, 5) is 14.2. The quantitative estimate of drug-likeness (QED) is 0.345. The lowest BCUT2D eigenvalue weighted by Crippen LogP contribution is -2.31. The smallest absolute Gasteiger partial charge is 0.241 e. The highest BCUT2D eigenvalue weighted by molar-refractivity contribution is 5.82. The zero-order valence-corrected chi connectivity index (χ0v) is 20.6. The molecule has 10 nitrogen and oxygen atoms in total. The lowest BCUT2D eigenvalue weighted by molar-refractivity contribution is -0.00158. The zero-order valence-electron chi connectivity index (χ0n) is 20.6. The number of imidazole rings is 1. The van der Waals surface area contributed by atoms with Crippen LogP contribution in [-0.2, 0) is 20.8 Å². The number of nitrogens with zero attached hydrogens (tertiary/aromatic N) is 6. The monoisotopic (exact) mass is 479 g/mol. The number of ether oxygens (including phenoxy) is 3. The number of hydrogen-bond acceptors (Lipinski definition) is 8. The molecule has 4 aromatic rings. The van der Waals surface area contributed by atoms with Gasteiger partial charge in [-0.15, -0.1) is 5.10 Å². The van der Waals surface area contributed by atoms with E-state index in [1.54, 1.807) is 14.2 Å². The number of methoxy groups -OCH3 is 2. The molecule has 1 aliphatic carbocycles. The van der Waals surface area contributed by atoms with E-state index in [0.29, 0.717) is 44.5 Å². The Morgan fingerprint density at radius 2 is 1.83 bits per heavy atom. The van der Waals surface area contributed by atoms with Gasteiger partial charge in [0, 0.05) is 38.6 Å². The van der Waals surface area contributed by atoms with E-state index in [-0.39, 0.29) is 0 Å². The molecule has 0 aromatic carbocycles. The normalized spacial score (nSPS) is 18.5. The van der Waals surface area contributed by atoms with Gasteiger partial charge in [-0.3, -0.25) is 0 Å². The summed E-state index contributed by atoms with van der Waals surface area (Å²) < 4.78 is 20.2. The Hall–Kier alpha value is -3.08. The highest BCUT2D eigenvalue weighted by atomic mass is 16.5. The van der Waals surface area contributed by atoms with Crippen molar-refractivity contribution in [1.29, 1.82) is 0 Å². The second kappa shape index (κ2) is 10.7. The minimum Gasteiger partial charge on any atom is -0.383 e. The molecule has 35 heavy (non-hydrogen) atoms. The molecule has 186 valence electrons. The molecule has 4 aromatic heterocycles. The lowest BCUT2D eigenvalue weighted by atomic mass is 9.93. The molecule has 0 bridgehead atoms. The maximum atomic E-state index is 5.87. The van der Waals surface area contributed by atoms with Crippen LogP contribution in [-0.4, -0.2) is 75.3 Å². The Morgan fingerprint density at radius 1 is 1.00 bits per heavy atom. The number of hydrogen-bond donors (Lipinski definition) is 1. The maximum Gasteiger partial charge on any atom is 0.241 e. The molecule has 0 radical (unpaired) electrons. The Kier molecular flexibility index (Phi) is 7.21. The van der Waals surface area contributed by atoms with E-state index >= 15 is 0 Å². The highest BCUT2D eigenvalue weighted by Crippen LogP contribution is 2.27. The van der Waals surface area contributed by atoms with Gasteiger partial charge >= 0.3 is 0 Å². The summed E-state index contributed by atoms with van der Waals surface area (Å²) in [7, 11) is 3.40. The van der Waals surface area contributed by atoms with E-state index in [9.17, 15) is 0 Å². The van der Waals surface area contributed by atoms with Crippen LogP contribution in [0.4, 0.5) is 5.95 Å². The molecule has 5 rings (SSSR count). The van der Waals surface area contributed by atoms with E-state index in [2.05, 4.69) is 19.9 Å². The molecule has 1 aliphatic rings. The van der Waals surface area contributed by atoms with Crippen LogP contribution in [0.5, 0.6) is 0 Å². The fourth-order valence-electron chi connectivity index (χ4n) is 4.75. The van der Waals surface area contributed by atoms with Gasteiger partial charge in [0.1, 0.15) is 11.3 Å². The summed E-state index contributed by atoms with van der Waals surface area (Å²) in [6, 6.07) is 6.41. The summed E-state index contributed by atoms with van der Waals surface area (Å²) in [6.07, 6.45) is 8.28. The van der Waals surface area contributed by atoms with Crippen molar-refractivity contribution in [2.24, 2.45) is 0 Å². The maximum absolute atomic E-state index is 5.87. The van der Waals surface area contributed by atoms with Crippen LogP contribution in [0.3, 0.4) is 0 Å². The van der Waals surface area contributed by atoms with Crippen LogP contribution < -0.4 is 5.32 Å². The first kappa shape index (κ1) is 23.7. The van der Waals surface area contributed by atoms with E-state index in [0.717, 1.165) is 59.4 Å². The first-order valence-corrected chi connectivity index (χ1v) is 12.2. The van der Waals surface area contributed by atoms with Gasteiger partial charge in [0.2, 0.25) is 5.95 Å². The van der Waals surface area contributed by atoms with Gasteiger partial charge in [0.25, 0.3) is 0 Å². The van der Waals surface area contributed by atoms with Crippen molar-refractivity contribution < 1.29 is 14.2 Å². The molecular formula is C25H33N7O3. The summed E-state index contributed by atoms with van der Waals surface area (Å²) in [5.74, 6) is 1.57. The third-order valence-corrected chi connectivity index (χ3v) is 6.64. The highest BCUT2D eigenvalue weighted by Gasteiger charge is 2.22. The van der Waals surface area contributed by atoms with Crippen molar-refractivity contribution in [2.75, 3.05) is 39.4 Å². The van der Waals surface area contributed by atoms with Crippen molar-refractivity contribution in [1.82, 2.24) is 29.1 Å². The molecule has 0 saturated heterocycles. The molecular weight excluding hydrogens is 446 g/mol. The molecule has 0 amide bonds. The predicted octanol–water partition coefficient (Wildman–Crippen LogP) is 3.48. The Bertz CT molecular complexity index is 1280. The SMILES string of the molecule is COCCO[C@H]1CC[C@H](Nc2ncc3c(-c4ccc5nc(C)n(CCOC)c5n4)ccn3n2)CC1. The Balaban J connectivity index is 1.30. The summed E-state index contributed by atoms with van der Waals surface area (Å²) in [5.41, 5.74) is 4.51. The minimum atomic E-state index is 0.318. The van der Waals surface area contributed by atoms with Crippen molar-refractivity contribution in [3.8, 4) is 11.3 Å². The van der Waals surface area contributed by atoms with Gasteiger partial charge in [-0.2, -0.15) is 0 Å². The molecule has 4 heterocycles. The number of aryl methyl sites for hydroxylation is 1. The summed E-state index contributed by atoms with van der Waals surface area (Å²) >= 11 is 0. The average molecular weight is 480 g/mol. The molecule has 10 heteroatoms.